The zero-order valence-electron chi connectivity index (χ0n) is 18.6. The first kappa shape index (κ1) is 20.4. The molecule has 8 nitrogen and oxygen atoms in total. The summed E-state index contributed by atoms with van der Waals surface area (Å²) in [7, 11) is 0. The van der Waals surface area contributed by atoms with Crippen molar-refractivity contribution in [2.75, 3.05) is 23.3 Å². The fraction of sp³-hybridized carbons (Fsp3) is 0.348. The molecule has 1 saturated heterocycles. The number of hydrogen-bond donors (Lipinski definition) is 2. The van der Waals surface area contributed by atoms with Gasteiger partial charge < -0.3 is 19.9 Å². The molecule has 1 aliphatic rings. The van der Waals surface area contributed by atoms with E-state index in [1.807, 2.05) is 23.6 Å². The standard InChI is InChI=1S/C23H26FN7O/c1-13-8-29(9-14(2)25-13)20-6-5-18(21-26-16(4)11-31(20)21)23(32)28-17-7-19(24)22-27-15(3)10-30(22)12-17/h5-7,10-14,25H,8-9H2,1-4H3,(H,28,32)/t13-,14-/m1/s1. The maximum Gasteiger partial charge on any atom is 0.259 e. The molecule has 2 atom stereocenters. The van der Waals surface area contributed by atoms with Gasteiger partial charge in [0.2, 0.25) is 0 Å². The van der Waals surface area contributed by atoms with Gasteiger partial charge in [-0.25, -0.2) is 14.4 Å². The molecular formula is C23H26FN7O. The number of imidazole rings is 2. The third kappa shape index (κ3) is 3.58. The molecule has 5 heterocycles. The lowest BCUT2D eigenvalue weighted by Gasteiger charge is -2.37. The molecule has 9 heteroatoms. The van der Waals surface area contributed by atoms with Gasteiger partial charge in [0.15, 0.2) is 17.1 Å². The first-order valence-corrected chi connectivity index (χ1v) is 10.7. The molecule has 0 saturated carbocycles. The van der Waals surface area contributed by atoms with E-state index in [9.17, 15) is 9.18 Å². The maximum absolute atomic E-state index is 14.4. The van der Waals surface area contributed by atoms with Gasteiger partial charge in [-0.3, -0.25) is 9.20 Å². The molecule has 5 rings (SSSR count). The van der Waals surface area contributed by atoms with Gasteiger partial charge in [0.05, 0.1) is 22.6 Å². The molecule has 2 N–H and O–H groups in total. The quantitative estimate of drug-likeness (QED) is 0.517. The summed E-state index contributed by atoms with van der Waals surface area (Å²) in [6.45, 7) is 9.77. The number of amides is 1. The second-order valence-electron chi connectivity index (χ2n) is 8.70. The molecule has 0 spiro atoms. The molecule has 1 aliphatic heterocycles. The summed E-state index contributed by atoms with van der Waals surface area (Å²) in [5.74, 6) is 0.165. The lowest BCUT2D eigenvalue weighted by atomic mass is 10.1. The molecule has 0 aliphatic carbocycles. The summed E-state index contributed by atoms with van der Waals surface area (Å²) < 4.78 is 18.0. The first-order chi connectivity index (χ1) is 15.3. The van der Waals surface area contributed by atoms with Gasteiger partial charge in [-0.2, -0.15) is 0 Å². The highest BCUT2D eigenvalue weighted by atomic mass is 19.1. The third-order valence-corrected chi connectivity index (χ3v) is 5.72. The SMILES string of the molecule is Cc1cn2cc(NC(=O)c3ccc(N4C[C@@H](C)N[C@H](C)C4)n4cc(C)nc34)cc(F)c2n1. The number of piperazine rings is 1. The Balaban J connectivity index is 1.50. The number of pyridine rings is 2. The van der Waals surface area contributed by atoms with Crippen LogP contribution in [-0.2, 0) is 0 Å². The molecule has 1 amide bonds. The van der Waals surface area contributed by atoms with Crippen molar-refractivity contribution in [1.29, 1.82) is 0 Å². The number of aryl methyl sites for hydroxylation is 2. The maximum atomic E-state index is 14.4. The highest BCUT2D eigenvalue weighted by Crippen LogP contribution is 2.24. The minimum absolute atomic E-state index is 0.232. The van der Waals surface area contributed by atoms with E-state index >= 15 is 0 Å². The average molecular weight is 436 g/mol. The fourth-order valence-electron chi connectivity index (χ4n) is 4.57. The van der Waals surface area contributed by atoms with Crippen molar-refractivity contribution in [3.05, 3.63) is 59.6 Å². The van der Waals surface area contributed by atoms with Crippen LogP contribution in [0.3, 0.4) is 0 Å². The number of anilines is 2. The molecular weight excluding hydrogens is 409 g/mol. The van der Waals surface area contributed by atoms with E-state index in [1.165, 1.54) is 6.07 Å². The van der Waals surface area contributed by atoms with Crippen molar-refractivity contribution in [2.45, 2.75) is 39.8 Å². The topological polar surface area (TPSA) is 79.0 Å². The van der Waals surface area contributed by atoms with Crippen molar-refractivity contribution < 1.29 is 9.18 Å². The van der Waals surface area contributed by atoms with Crippen molar-refractivity contribution in [1.82, 2.24) is 24.1 Å². The van der Waals surface area contributed by atoms with E-state index in [1.54, 1.807) is 29.8 Å². The van der Waals surface area contributed by atoms with Crippen LogP contribution < -0.4 is 15.5 Å². The summed E-state index contributed by atoms with van der Waals surface area (Å²) in [4.78, 5) is 24.2. The van der Waals surface area contributed by atoms with Crippen LogP contribution in [0.25, 0.3) is 11.3 Å². The molecule has 0 unspecified atom stereocenters. The van der Waals surface area contributed by atoms with Crippen LogP contribution in [0, 0.1) is 19.7 Å². The second-order valence-corrected chi connectivity index (χ2v) is 8.70. The van der Waals surface area contributed by atoms with Gasteiger partial charge in [-0.15, -0.1) is 0 Å². The molecule has 32 heavy (non-hydrogen) atoms. The third-order valence-electron chi connectivity index (χ3n) is 5.72. The van der Waals surface area contributed by atoms with Crippen LogP contribution in [0.5, 0.6) is 0 Å². The number of nitrogens with zero attached hydrogens (tertiary/aromatic N) is 5. The van der Waals surface area contributed by atoms with Crippen LogP contribution in [-0.4, -0.2) is 49.8 Å². The summed E-state index contributed by atoms with van der Waals surface area (Å²) in [6, 6.07) is 5.75. The lowest BCUT2D eigenvalue weighted by Crippen LogP contribution is -2.54. The van der Waals surface area contributed by atoms with Gasteiger partial charge in [0, 0.05) is 49.8 Å². The van der Waals surface area contributed by atoms with E-state index in [-0.39, 0.29) is 11.6 Å². The zero-order valence-corrected chi connectivity index (χ0v) is 18.6. The fourth-order valence-corrected chi connectivity index (χ4v) is 4.57. The number of nitrogens with one attached hydrogen (secondary N) is 2. The van der Waals surface area contributed by atoms with Crippen LogP contribution in [0.4, 0.5) is 15.9 Å². The Hall–Kier alpha value is -3.46. The molecule has 166 valence electrons. The number of aromatic nitrogens is 4. The lowest BCUT2D eigenvalue weighted by molar-refractivity contribution is 0.102. The van der Waals surface area contributed by atoms with Gasteiger partial charge in [-0.1, -0.05) is 0 Å². The second kappa shape index (κ2) is 7.59. The number of carbonyl (C=O) groups is 1. The Kier molecular flexibility index (Phi) is 4.85. The van der Waals surface area contributed by atoms with E-state index in [0.29, 0.717) is 34.7 Å². The molecule has 4 aromatic rings. The van der Waals surface area contributed by atoms with Crippen LogP contribution in [0.1, 0.15) is 35.6 Å². The molecule has 0 radical (unpaired) electrons. The number of carbonyl (C=O) groups excluding carboxylic acids is 1. The van der Waals surface area contributed by atoms with Crippen molar-refractivity contribution >= 4 is 28.7 Å². The molecule has 0 aromatic carbocycles. The summed E-state index contributed by atoms with van der Waals surface area (Å²) in [6.07, 6.45) is 5.31. The van der Waals surface area contributed by atoms with Crippen LogP contribution in [0.15, 0.2) is 36.8 Å². The molecule has 1 fully saturated rings. The van der Waals surface area contributed by atoms with Gasteiger partial charge >= 0.3 is 0 Å². The molecule has 0 bridgehead atoms. The Labute approximate surface area is 185 Å². The number of fused-ring (bicyclic) bond motifs is 2. The highest BCUT2D eigenvalue weighted by molar-refractivity contribution is 6.08. The predicted octanol–water partition coefficient (Wildman–Crippen LogP) is 3.18. The van der Waals surface area contributed by atoms with E-state index in [4.69, 9.17) is 0 Å². The number of rotatable bonds is 3. The van der Waals surface area contributed by atoms with Crippen molar-refractivity contribution in [2.24, 2.45) is 0 Å². The summed E-state index contributed by atoms with van der Waals surface area (Å²) >= 11 is 0. The van der Waals surface area contributed by atoms with Crippen LogP contribution >= 0.6 is 0 Å². The Bertz CT molecular complexity index is 1330. The van der Waals surface area contributed by atoms with E-state index < -0.39 is 5.82 Å². The zero-order chi connectivity index (χ0) is 22.6. The first-order valence-electron chi connectivity index (χ1n) is 10.7. The minimum Gasteiger partial charge on any atom is -0.355 e. The largest absolute Gasteiger partial charge is 0.355 e. The Morgan fingerprint density at radius 1 is 1.06 bits per heavy atom. The van der Waals surface area contributed by atoms with Crippen LogP contribution in [0.2, 0.25) is 0 Å². The minimum atomic E-state index is -0.491. The van der Waals surface area contributed by atoms with Crippen molar-refractivity contribution in [3.63, 3.8) is 0 Å². The number of halogens is 1. The monoisotopic (exact) mass is 435 g/mol. The van der Waals surface area contributed by atoms with Gasteiger partial charge in [-0.05, 0) is 39.8 Å². The van der Waals surface area contributed by atoms with E-state index in [2.05, 4.69) is 39.3 Å². The average Bonchev–Trinajstić information content (AvgIpc) is 3.28. The smallest absolute Gasteiger partial charge is 0.259 e. The van der Waals surface area contributed by atoms with Gasteiger partial charge in [0.25, 0.3) is 5.91 Å². The normalized spacial score (nSPS) is 19.1. The predicted molar refractivity (Wildman–Crippen MR) is 122 cm³/mol. The van der Waals surface area contributed by atoms with E-state index in [0.717, 1.165) is 24.6 Å². The van der Waals surface area contributed by atoms with Gasteiger partial charge in [0.1, 0.15) is 5.82 Å². The highest BCUT2D eigenvalue weighted by Gasteiger charge is 2.24. The Morgan fingerprint density at radius 2 is 1.75 bits per heavy atom. The summed E-state index contributed by atoms with van der Waals surface area (Å²) in [5, 5.41) is 6.35. The van der Waals surface area contributed by atoms with Crippen molar-refractivity contribution in [3.8, 4) is 0 Å². The molecule has 4 aromatic heterocycles. The Morgan fingerprint density at radius 3 is 2.50 bits per heavy atom. The summed E-state index contributed by atoms with van der Waals surface area (Å²) in [5.41, 5.74) is 3.12. The number of hydrogen-bond acceptors (Lipinski definition) is 5.